The molecule has 0 aliphatic carbocycles. The first-order valence-corrected chi connectivity index (χ1v) is 16.6. The van der Waals surface area contributed by atoms with Gasteiger partial charge in [0.05, 0.1) is 35.7 Å². The number of amides is 4. The van der Waals surface area contributed by atoms with Crippen LogP contribution in [0.3, 0.4) is 0 Å². The van der Waals surface area contributed by atoms with Crippen molar-refractivity contribution in [2.24, 2.45) is 0 Å². The van der Waals surface area contributed by atoms with Crippen molar-refractivity contribution in [3.8, 4) is 0 Å². The number of hydrogen-bond acceptors (Lipinski definition) is 12. The van der Waals surface area contributed by atoms with Crippen LogP contribution in [0, 0.1) is 0 Å². The van der Waals surface area contributed by atoms with Gasteiger partial charge in [-0.3, -0.25) is 14.4 Å². The van der Waals surface area contributed by atoms with Crippen molar-refractivity contribution in [3.63, 3.8) is 0 Å². The summed E-state index contributed by atoms with van der Waals surface area (Å²) in [5, 5.41) is 2.24. The maximum atomic E-state index is 13.1. The Morgan fingerprint density at radius 1 is 1.06 bits per heavy atom. The van der Waals surface area contributed by atoms with Crippen LogP contribution >= 0.6 is 23.1 Å². The largest absolute Gasteiger partial charge is 0.465 e. The van der Waals surface area contributed by atoms with Gasteiger partial charge in [-0.15, -0.1) is 23.1 Å². The van der Waals surface area contributed by atoms with Crippen molar-refractivity contribution in [1.29, 1.82) is 0 Å². The molecule has 15 heteroatoms. The van der Waals surface area contributed by atoms with Gasteiger partial charge < -0.3 is 30.2 Å². The number of anilines is 3. The average molecular weight is 695 g/mol. The number of benzene rings is 2. The van der Waals surface area contributed by atoms with Gasteiger partial charge in [-0.2, -0.15) is 0 Å². The Labute approximate surface area is 284 Å². The number of ether oxygens (including phenoxy) is 3. The predicted octanol–water partition coefficient (Wildman–Crippen LogP) is 4.63. The number of thioether (sulfide) groups is 1. The third-order valence-electron chi connectivity index (χ3n) is 7.29. The number of nitrogens with zero attached hydrogens (tertiary/aromatic N) is 2. The molecule has 252 valence electrons. The first kappa shape index (κ1) is 34.4. The Hall–Kier alpha value is -4.89. The van der Waals surface area contributed by atoms with E-state index in [1.165, 1.54) is 48.0 Å². The average Bonchev–Trinajstić information content (AvgIpc) is 3.53. The summed E-state index contributed by atoms with van der Waals surface area (Å²) in [5.74, 6) is -2.89. The minimum absolute atomic E-state index is 0.0180. The standard InChI is InChI=1S/C33H34N4O9S2/c1-33(2,3)46-32(43)36-13-12-22-24(16-36)48-28(27(22)31(42)44-4)35-25(38)17-45-30(41)18-8-10-20(11-9-18)37-26(39)15-23(29(37)40)47-21-7-5-6-19(34)14-21/h5-11,14,23H,12-13,15-17,34H2,1-4H3,(H,35,38). The van der Waals surface area contributed by atoms with Crippen LogP contribution in [-0.2, 0) is 41.6 Å². The minimum Gasteiger partial charge on any atom is -0.465 e. The van der Waals surface area contributed by atoms with Gasteiger partial charge in [-0.25, -0.2) is 19.3 Å². The van der Waals surface area contributed by atoms with E-state index >= 15 is 0 Å². The zero-order valence-electron chi connectivity index (χ0n) is 26.7. The summed E-state index contributed by atoms with van der Waals surface area (Å²) in [6, 6.07) is 12.8. The Morgan fingerprint density at radius 3 is 2.46 bits per heavy atom. The SMILES string of the molecule is COC(=O)c1c(NC(=O)COC(=O)c2ccc(N3C(=O)CC(Sc4cccc(N)c4)C3=O)cc2)sc2c1CCN(C(=O)OC(C)(C)C)C2. The van der Waals surface area contributed by atoms with E-state index in [1.807, 2.05) is 6.07 Å². The lowest BCUT2D eigenvalue weighted by atomic mass is 10.0. The fourth-order valence-corrected chi connectivity index (χ4v) is 7.52. The molecule has 3 heterocycles. The van der Waals surface area contributed by atoms with Crippen molar-refractivity contribution in [1.82, 2.24) is 4.90 Å². The second kappa shape index (κ2) is 14.1. The molecule has 0 radical (unpaired) electrons. The molecular formula is C33H34N4O9S2. The number of imide groups is 1. The summed E-state index contributed by atoms with van der Waals surface area (Å²) in [7, 11) is 1.23. The highest BCUT2D eigenvalue weighted by molar-refractivity contribution is 8.00. The molecule has 0 saturated carbocycles. The summed E-state index contributed by atoms with van der Waals surface area (Å²) >= 11 is 2.39. The fourth-order valence-electron chi connectivity index (χ4n) is 5.14. The molecule has 2 aromatic carbocycles. The monoisotopic (exact) mass is 694 g/mol. The molecule has 2 aliphatic rings. The van der Waals surface area contributed by atoms with E-state index in [2.05, 4.69) is 5.32 Å². The molecule has 3 aromatic rings. The second-order valence-electron chi connectivity index (χ2n) is 12.0. The number of methoxy groups -OCH3 is 1. The lowest BCUT2D eigenvalue weighted by Gasteiger charge is -2.30. The van der Waals surface area contributed by atoms with E-state index < -0.39 is 41.4 Å². The normalized spacial score (nSPS) is 16.0. The molecule has 48 heavy (non-hydrogen) atoms. The van der Waals surface area contributed by atoms with Gasteiger partial charge in [0.2, 0.25) is 11.8 Å². The minimum atomic E-state index is -0.808. The second-order valence-corrected chi connectivity index (χ2v) is 14.4. The molecular weight excluding hydrogens is 661 g/mol. The third kappa shape index (κ3) is 7.80. The number of esters is 2. The number of fused-ring (bicyclic) bond motifs is 1. The Kier molecular flexibility index (Phi) is 10.1. The molecule has 3 N–H and O–H groups in total. The molecule has 1 saturated heterocycles. The van der Waals surface area contributed by atoms with Crippen LogP contribution in [-0.4, -0.2) is 71.8 Å². The molecule has 1 atom stereocenters. The number of nitrogens with one attached hydrogen (secondary N) is 1. The van der Waals surface area contributed by atoms with Gasteiger partial charge in [0.25, 0.3) is 5.91 Å². The van der Waals surface area contributed by atoms with Crippen LogP contribution in [0.2, 0.25) is 0 Å². The lowest BCUT2D eigenvalue weighted by Crippen LogP contribution is -2.39. The quantitative estimate of drug-likeness (QED) is 0.146. The van der Waals surface area contributed by atoms with Crippen molar-refractivity contribution < 1.29 is 43.0 Å². The highest BCUT2D eigenvalue weighted by Crippen LogP contribution is 2.38. The van der Waals surface area contributed by atoms with Gasteiger partial charge in [0.15, 0.2) is 6.61 Å². The third-order valence-corrected chi connectivity index (χ3v) is 9.60. The Morgan fingerprint density at radius 2 is 1.79 bits per heavy atom. The Balaban J connectivity index is 1.19. The van der Waals surface area contributed by atoms with Crippen LogP contribution in [0.1, 0.15) is 58.3 Å². The molecule has 4 amide bonds. The molecule has 2 aliphatic heterocycles. The first-order valence-electron chi connectivity index (χ1n) is 14.9. The van der Waals surface area contributed by atoms with Crippen LogP contribution in [0.15, 0.2) is 53.4 Å². The summed E-state index contributed by atoms with van der Waals surface area (Å²) in [6.45, 7) is 5.17. The van der Waals surface area contributed by atoms with Crippen molar-refractivity contribution in [2.45, 2.75) is 55.9 Å². The van der Waals surface area contributed by atoms with E-state index in [4.69, 9.17) is 19.9 Å². The van der Waals surface area contributed by atoms with E-state index in [-0.39, 0.29) is 40.9 Å². The summed E-state index contributed by atoms with van der Waals surface area (Å²) in [5.41, 5.74) is 6.97. The summed E-state index contributed by atoms with van der Waals surface area (Å²) in [4.78, 5) is 80.7. The highest BCUT2D eigenvalue weighted by Gasteiger charge is 2.40. The van der Waals surface area contributed by atoms with Crippen molar-refractivity contribution in [2.75, 3.05) is 36.2 Å². The van der Waals surface area contributed by atoms with Crippen molar-refractivity contribution >= 4 is 75.2 Å². The number of nitrogens with two attached hydrogens (primary N) is 1. The van der Waals surface area contributed by atoms with Gasteiger partial charge in [-0.1, -0.05) is 6.07 Å². The number of rotatable bonds is 8. The number of thiophene rings is 1. The zero-order valence-corrected chi connectivity index (χ0v) is 28.3. The van der Waals surface area contributed by atoms with Crippen molar-refractivity contribution in [3.05, 3.63) is 70.1 Å². The van der Waals surface area contributed by atoms with Gasteiger partial charge in [0, 0.05) is 28.4 Å². The van der Waals surface area contributed by atoms with Crippen LogP contribution in [0.25, 0.3) is 0 Å². The zero-order chi connectivity index (χ0) is 34.7. The van der Waals surface area contributed by atoms with Gasteiger partial charge in [-0.05, 0) is 75.2 Å². The molecule has 0 bridgehead atoms. The number of carbonyl (C=O) groups excluding carboxylic acids is 6. The van der Waals surface area contributed by atoms with Crippen LogP contribution < -0.4 is 16.0 Å². The molecule has 13 nitrogen and oxygen atoms in total. The number of carbonyl (C=O) groups is 6. The molecule has 5 rings (SSSR count). The fraction of sp³-hybridized carbons (Fsp3) is 0.333. The summed E-state index contributed by atoms with van der Waals surface area (Å²) < 4.78 is 15.6. The summed E-state index contributed by atoms with van der Waals surface area (Å²) in [6.07, 6.45) is -0.112. The van der Waals surface area contributed by atoms with Gasteiger partial charge in [0.1, 0.15) is 10.6 Å². The van der Waals surface area contributed by atoms with E-state index in [0.717, 1.165) is 21.1 Å². The topological polar surface area (TPSA) is 175 Å². The lowest BCUT2D eigenvalue weighted by molar-refractivity contribution is -0.121. The molecule has 1 aromatic heterocycles. The highest BCUT2D eigenvalue weighted by atomic mass is 32.2. The Bertz CT molecular complexity index is 1780. The van der Waals surface area contributed by atoms with Gasteiger partial charge >= 0.3 is 18.0 Å². The first-order chi connectivity index (χ1) is 22.7. The maximum Gasteiger partial charge on any atom is 0.410 e. The van der Waals surface area contributed by atoms with Crippen LogP contribution in [0.4, 0.5) is 21.2 Å². The van der Waals surface area contributed by atoms with E-state index in [1.54, 1.807) is 39.0 Å². The maximum absolute atomic E-state index is 13.1. The predicted molar refractivity (Wildman–Crippen MR) is 179 cm³/mol. The molecule has 1 unspecified atom stereocenters. The smallest absolute Gasteiger partial charge is 0.410 e. The number of hydrogen-bond donors (Lipinski definition) is 2. The van der Waals surface area contributed by atoms with E-state index in [9.17, 15) is 28.8 Å². The van der Waals surface area contributed by atoms with E-state index in [0.29, 0.717) is 34.8 Å². The molecule has 1 fully saturated rings. The van der Waals surface area contributed by atoms with Crippen LogP contribution in [0.5, 0.6) is 0 Å². The number of nitrogen functional groups attached to an aromatic ring is 1. The molecule has 0 spiro atoms.